The predicted molar refractivity (Wildman–Crippen MR) is 185 cm³/mol. The van der Waals surface area contributed by atoms with E-state index < -0.39 is 23.8 Å². The van der Waals surface area contributed by atoms with Crippen molar-refractivity contribution < 1.29 is 19.1 Å². The highest BCUT2D eigenvalue weighted by Gasteiger charge is 2.39. The third-order valence-corrected chi connectivity index (χ3v) is 9.62. The average molecular weight is 630 g/mol. The Labute approximate surface area is 277 Å². The summed E-state index contributed by atoms with van der Waals surface area (Å²) in [5.74, 6) is -0.401. The lowest BCUT2D eigenvalue weighted by Crippen LogP contribution is -2.47. The van der Waals surface area contributed by atoms with Crippen LogP contribution in [-0.4, -0.2) is 17.7 Å². The Kier molecular flexibility index (Phi) is 10.0. The molecule has 4 aromatic rings. The molecule has 0 radical (unpaired) electrons. The van der Waals surface area contributed by atoms with Crippen LogP contribution in [-0.2, 0) is 20.9 Å². The molecule has 0 saturated heterocycles. The molecule has 1 fully saturated rings. The van der Waals surface area contributed by atoms with Gasteiger partial charge < -0.3 is 20.7 Å². The first-order chi connectivity index (χ1) is 22.9. The largest absolute Gasteiger partial charge is 0.457 e. The summed E-state index contributed by atoms with van der Waals surface area (Å²) in [6.07, 6.45) is 6.23. The van der Waals surface area contributed by atoms with Gasteiger partial charge in [0, 0.05) is 17.4 Å². The van der Waals surface area contributed by atoms with Crippen LogP contribution in [0.2, 0.25) is 0 Å². The van der Waals surface area contributed by atoms with Gasteiger partial charge in [0.25, 0.3) is 5.91 Å². The van der Waals surface area contributed by atoms with Crippen molar-refractivity contribution in [3.05, 3.63) is 114 Å². The third-order valence-electron chi connectivity index (χ3n) is 9.62. The van der Waals surface area contributed by atoms with Crippen LogP contribution in [0.4, 0.5) is 5.69 Å². The number of para-hydroxylation sites is 2. The van der Waals surface area contributed by atoms with Crippen LogP contribution < -0.4 is 20.7 Å². The highest BCUT2D eigenvalue weighted by Crippen LogP contribution is 2.42. The van der Waals surface area contributed by atoms with E-state index in [1.165, 1.54) is 0 Å². The number of amides is 3. The number of fused-ring (bicyclic) bond motifs is 3. The zero-order valence-electron chi connectivity index (χ0n) is 26.9. The maximum atomic E-state index is 14.8. The summed E-state index contributed by atoms with van der Waals surface area (Å²) >= 11 is 0. The molecule has 3 unspecified atom stereocenters. The second-order valence-electron chi connectivity index (χ2n) is 12.8. The summed E-state index contributed by atoms with van der Waals surface area (Å²) in [6.45, 7) is 2.27. The van der Waals surface area contributed by atoms with E-state index in [4.69, 9.17) is 10.5 Å². The molecule has 3 amide bonds. The van der Waals surface area contributed by atoms with Gasteiger partial charge in [-0.25, -0.2) is 0 Å². The van der Waals surface area contributed by atoms with Gasteiger partial charge in [-0.1, -0.05) is 112 Å². The second kappa shape index (κ2) is 14.7. The molecule has 47 heavy (non-hydrogen) atoms. The number of nitrogens with two attached hydrogens (primary N) is 1. The molecular weight excluding hydrogens is 586 g/mol. The van der Waals surface area contributed by atoms with Crippen molar-refractivity contribution in [2.45, 2.75) is 64.5 Å². The fourth-order valence-corrected chi connectivity index (χ4v) is 7.32. The Morgan fingerprint density at radius 2 is 1.53 bits per heavy atom. The lowest BCUT2D eigenvalue weighted by Gasteiger charge is -2.30. The number of rotatable bonds is 12. The number of anilines is 1. The molecule has 242 valence electrons. The molecule has 1 aliphatic heterocycles. The summed E-state index contributed by atoms with van der Waals surface area (Å²) in [5.41, 5.74) is 10.1. The topological polar surface area (TPSA) is 102 Å². The highest BCUT2D eigenvalue weighted by atomic mass is 16.5. The Morgan fingerprint density at radius 3 is 2.28 bits per heavy atom. The van der Waals surface area contributed by atoms with Crippen molar-refractivity contribution in [2.75, 3.05) is 4.90 Å². The molecule has 1 saturated carbocycles. The van der Waals surface area contributed by atoms with Gasteiger partial charge in [0.2, 0.25) is 11.8 Å². The average Bonchev–Trinajstić information content (AvgIpc) is 3.58. The van der Waals surface area contributed by atoms with Crippen LogP contribution in [0.3, 0.4) is 0 Å². The fourth-order valence-electron chi connectivity index (χ4n) is 7.32. The number of nitrogens with one attached hydrogen (secondary N) is 1. The Balaban J connectivity index is 1.35. The van der Waals surface area contributed by atoms with Crippen molar-refractivity contribution >= 4 is 23.4 Å². The summed E-state index contributed by atoms with van der Waals surface area (Å²) in [4.78, 5) is 43.6. The molecule has 0 spiro atoms. The van der Waals surface area contributed by atoms with E-state index in [0.717, 1.165) is 65.8 Å². The predicted octanol–water partition coefficient (Wildman–Crippen LogP) is 7.95. The number of carbonyl (C=O) groups excluding carboxylic acids is 3. The van der Waals surface area contributed by atoms with Crippen molar-refractivity contribution in [1.82, 2.24) is 5.32 Å². The Bertz CT molecular complexity index is 1720. The van der Waals surface area contributed by atoms with Crippen molar-refractivity contribution in [3.63, 3.8) is 0 Å². The van der Waals surface area contributed by atoms with E-state index in [9.17, 15) is 14.4 Å². The first kappa shape index (κ1) is 32.0. The van der Waals surface area contributed by atoms with E-state index in [2.05, 4.69) is 5.32 Å². The number of hydrogen-bond donors (Lipinski definition) is 2. The minimum atomic E-state index is -0.948. The van der Waals surface area contributed by atoms with E-state index in [0.29, 0.717) is 24.5 Å². The quantitative estimate of drug-likeness (QED) is 0.166. The molecule has 2 aliphatic rings. The van der Waals surface area contributed by atoms with Gasteiger partial charge in [0.1, 0.15) is 17.5 Å². The SMILES string of the molecule is CCCC(C(N)=O)C(CC1CCCC1)C(=O)NC1C(=O)N(Cc2cccc(Oc3ccccc3)c2)c2ccccc2-c2ccccc21. The minimum Gasteiger partial charge on any atom is -0.457 e. The molecule has 4 aromatic carbocycles. The van der Waals surface area contributed by atoms with Crippen LogP contribution >= 0.6 is 0 Å². The third kappa shape index (κ3) is 7.25. The molecule has 1 heterocycles. The van der Waals surface area contributed by atoms with Crippen molar-refractivity contribution in [1.29, 1.82) is 0 Å². The number of carbonyl (C=O) groups is 3. The normalized spacial score (nSPS) is 17.3. The smallest absolute Gasteiger partial charge is 0.254 e. The molecule has 7 heteroatoms. The lowest BCUT2D eigenvalue weighted by atomic mass is 9.80. The number of ether oxygens (including phenoxy) is 1. The summed E-state index contributed by atoms with van der Waals surface area (Å²) in [6, 6.07) is 32.0. The van der Waals surface area contributed by atoms with Gasteiger partial charge in [-0.15, -0.1) is 0 Å². The molecule has 0 bridgehead atoms. The number of hydrogen-bond acceptors (Lipinski definition) is 4. The van der Waals surface area contributed by atoms with Gasteiger partial charge in [-0.3, -0.25) is 14.4 Å². The fraction of sp³-hybridized carbons (Fsp3) is 0.325. The van der Waals surface area contributed by atoms with Crippen molar-refractivity contribution in [2.24, 2.45) is 23.5 Å². The number of nitrogens with zero attached hydrogens (tertiary/aromatic N) is 1. The van der Waals surface area contributed by atoms with Crippen LogP contribution in [0.5, 0.6) is 11.5 Å². The second-order valence-corrected chi connectivity index (χ2v) is 12.8. The Morgan fingerprint density at radius 1 is 0.851 bits per heavy atom. The standard InChI is InChI=1S/C40H43N3O4/c1-2-13-34(38(41)44)35(25-27-14-6-7-15-27)39(45)42-37-33-22-9-8-20-31(33)32-21-10-11-23-36(32)43(40(37)46)26-28-16-12-19-30(24-28)47-29-17-4-3-5-18-29/h3-5,8-12,16-24,27,34-35,37H,2,6-7,13-15,25-26H2,1H3,(H2,41,44)(H,42,45). The monoisotopic (exact) mass is 629 g/mol. The van der Waals surface area contributed by atoms with Crippen LogP contribution in [0.15, 0.2) is 103 Å². The Hall–Kier alpha value is -4.91. The van der Waals surface area contributed by atoms with E-state index >= 15 is 0 Å². The van der Waals surface area contributed by atoms with Crippen LogP contribution in [0.1, 0.15) is 69.0 Å². The molecule has 3 N–H and O–H groups in total. The molecule has 1 aliphatic carbocycles. The van der Waals surface area contributed by atoms with Crippen LogP contribution in [0, 0.1) is 17.8 Å². The van der Waals surface area contributed by atoms with Crippen LogP contribution in [0.25, 0.3) is 11.1 Å². The van der Waals surface area contributed by atoms with Gasteiger partial charge in [-0.05, 0) is 65.8 Å². The number of primary amides is 1. The van der Waals surface area contributed by atoms with Gasteiger partial charge in [0.05, 0.1) is 12.2 Å². The molecule has 6 rings (SSSR count). The highest BCUT2D eigenvalue weighted by molar-refractivity contribution is 6.06. The van der Waals surface area contributed by atoms with Crippen molar-refractivity contribution in [3.8, 4) is 22.6 Å². The summed E-state index contributed by atoms with van der Waals surface area (Å²) in [7, 11) is 0. The van der Waals surface area contributed by atoms with Gasteiger partial charge in [0.15, 0.2) is 0 Å². The number of benzene rings is 4. The summed E-state index contributed by atoms with van der Waals surface area (Å²) < 4.78 is 6.10. The van der Waals surface area contributed by atoms with E-state index in [1.807, 2.05) is 110 Å². The first-order valence-corrected chi connectivity index (χ1v) is 16.8. The lowest BCUT2D eigenvalue weighted by molar-refractivity contribution is -0.136. The minimum absolute atomic E-state index is 0.240. The zero-order chi connectivity index (χ0) is 32.8. The maximum Gasteiger partial charge on any atom is 0.254 e. The maximum absolute atomic E-state index is 14.8. The molecule has 7 nitrogen and oxygen atoms in total. The summed E-state index contributed by atoms with van der Waals surface area (Å²) in [5, 5.41) is 3.16. The zero-order valence-corrected chi connectivity index (χ0v) is 26.9. The first-order valence-electron chi connectivity index (χ1n) is 16.8. The van der Waals surface area contributed by atoms with Gasteiger partial charge >= 0.3 is 0 Å². The molecular formula is C40H43N3O4. The molecule has 3 atom stereocenters. The van der Waals surface area contributed by atoms with E-state index in [1.54, 1.807) is 4.90 Å². The van der Waals surface area contributed by atoms with Gasteiger partial charge in [-0.2, -0.15) is 0 Å². The molecule has 0 aromatic heterocycles. The van der Waals surface area contributed by atoms with E-state index in [-0.39, 0.29) is 18.4 Å².